The van der Waals surface area contributed by atoms with E-state index in [2.05, 4.69) is 20.7 Å². The maximum atomic E-state index is 14.5. The average Bonchev–Trinajstić information content (AvgIpc) is 3.09. The van der Waals surface area contributed by atoms with Crippen molar-refractivity contribution in [1.29, 1.82) is 0 Å². The molecule has 3 heterocycles. The Balaban J connectivity index is 1.61. The van der Waals surface area contributed by atoms with Gasteiger partial charge in [-0.3, -0.25) is 9.89 Å². The Bertz CT molecular complexity index is 686. The molecule has 1 amide bonds. The molecule has 20 heavy (non-hydrogen) atoms. The van der Waals surface area contributed by atoms with E-state index in [-0.39, 0.29) is 18.4 Å². The van der Waals surface area contributed by atoms with E-state index in [4.69, 9.17) is 0 Å². The Morgan fingerprint density at radius 2 is 2.40 bits per heavy atom. The molecular formula is C13H14FN5O. The van der Waals surface area contributed by atoms with Crippen LogP contribution in [0.4, 0.5) is 4.39 Å². The average molecular weight is 275 g/mol. The van der Waals surface area contributed by atoms with Crippen LogP contribution in [0.3, 0.4) is 0 Å². The third-order valence-electron chi connectivity index (χ3n) is 4.30. The van der Waals surface area contributed by atoms with E-state index in [9.17, 15) is 9.18 Å². The smallest absolute Gasteiger partial charge is 0.254 e. The van der Waals surface area contributed by atoms with Crippen molar-refractivity contribution >= 4 is 16.9 Å². The summed E-state index contributed by atoms with van der Waals surface area (Å²) in [6, 6.07) is 5.19. The molecule has 6 nitrogen and oxygen atoms in total. The maximum absolute atomic E-state index is 14.5. The summed E-state index contributed by atoms with van der Waals surface area (Å²) < 4.78 is 14.5. The zero-order valence-electron chi connectivity index (χ0n) is 10.8. The monoisotopic (exact) mass is 275 g/mol. The first kappa shape index (κ1) is 11.8. The van der Waals surface area contributed by atoms with E-state index >= 15 is 0 Å². The summed E-state index contributed by atoms with van der Waals surface area (Å²) in [5, 5.41) is 13.4. The minimum atomic E-state index is -1.27. The Morgan fingerprint density at radius 3 is 3.25 bits per heavy atom. The van der Waals surface area contributed by atoms with Crippen molar-refractivity contribution in [2.75, 3.05) is 26.2 Å². The number of aromatic amines is 1. The van der Waals surface area contributed by atoms with Gasteiger partial charge in [0.2, 0.25) is 0 Å². The first-order valence-corrected chi connectivity index (χ1v) is 6.65. The van der Waals surface area contributed by atoms with Crippen LogP contribution < -0.4 is 5.32 Å². The van der Waals surface area contributed by atoms with Crippen LogP contribution in [0, 0.1) is 5.92 Å². The first-order valence-electron chi connectivity index (χ1n) is 6.65. The van der Waals surface area contributed by atoms with Gasteiger partial charge in [-0.1, -0.05) is 5.21 Å². The van der Waals surface area contributed by atoms with E-state index < -0.39 is 5.67 Å². The van der Waals surface area contributed by atoms with Crippen molar-refractivity contribution in [2.45, 2.75) is 5.67 Å². The van der Waals surface area contributed by atoms with Crippen LogP contribution in [0.2, 0.25) is 0 Å². The molecule has 0 radical (unpaired) electrons. The van der Waals surface area contributed by atoms with E-state index in [0.717, 1.165) is 5.52 Å². The lowest BCUT2D eigenvalue weighted by atomic mass is 9.97. The third kappa shape index (κ3) is 1.62. The summed E-state index contributed by atoms with van der Waals surface area (Å²) in [4.78, 5) is 14.1. The number of fused-ring (bicyclic) bond motifs is 2. The highest BCUT2D eigenvalue weighted by Crippen LogP contribution is 2.35. The number of alkyl halides is 1. The lowest BCUT2D eigenvalue weighted by Crippen LogP contribution is -2.37. The van der Waals surface area contributed by atoms with Crippen LogP contribution in [0.15, 0.2) is 18.2 Å². The maximum Gasteiger partial charge on any atom is 0.254 e. The molecular weight excluding hydrogens is 261 g/mol. The quantitative estimate of drug-likeness (QED) is 0.787. The highest BCUT2D eigenvalue weighted by Gasteiger charge is 2.51. The Hall–Kier alpha value is -2.02. The van der Waals surface area contributed by atoms with Crippen LogP contribution in [0.5, 0.6) is 0 Å². The fraction of sp³-hybridized carbons (Fsp3) is 0.462. The second-order valence-electron chi connectivity index (χ2n) is 5.59. The molecule has 0 aliphatic carbocycles. The highest BCUT2D eigenvalue weighted by molar-refractivity contribution is 5.97. The summed E-state index contributed by atoms with van der Waals surface area (Å²) in [7, 11) is 0. The van der Waals surface area contributed by atoms with Crippen LogP contribution >= 0.6 is 0 Å². The molecule has 2 aromatic rings. The SMILES string of the molecule is O=C(c1ccc2[nH]nnc2c1)N1C[C@@H]2CNC[C@@]2(F)C1. The molecule has 2 saturated heterocycles. The van der Waals surface area contributed by atoms with E-state index in [1.807, 2.05) is 0 Å². The van der Waals surface area contributed by atoms with Gasteiger partial charge in [0, 0.05) is 31.1 Å². The minimum absolute atomic E-state index is 0.0952. The predicted octanol–water partition coefficient (Wildman–Crippen LogP) is 0.341. The Labute approximate surface area is 114 Å². The summed E-state index contributed by atoms with van der Waals surface area (Å²) in [5.41, 5.74) is 0.689. The van der Waals surface area contributed by atoms with Crippen molar-refractivity contribution in [3.05, 3.63) is 23.8 Å². The molecule has 4 rings (SSSR count). The molecule has 7 heteroatoms. The van der Waals surface area contributed by atoms with Crippen LogP contribution in [0.1, 0.15) is 10.4 Å². The molecule has 0 bridgehead atoms. The zero-order valence-corrected chi connectivity index (χ0v) is 10.8. The molecule has 2 N–H and O–H groups in total. The van der Waals surface area contributed by atoms with Gasteiger partial charge in [-0.2, -0.15) is 0 Å². The van der Waals surface area contributed by atoms with Gasteiger partial charge < -0.3 is 10.2 Å². The zero-order chi connectivity index (χ0) is 13.7. The van der Waals surface area contributed by atoms with Gasteiger partial charge in [0.15, 0.2) is 0 Å². The number of aromatic nitrogens is 3. The second-order valence-corrected chi connectivity index (χ2v) is 5.59. The lowest BCUT2D eigenvalue weighted by molar-refractivity contribution is 0.0755. The van der Waals surface area contributed by atoms with Crippen molar-refractivity contribution in [3.63, 3.8) is 0 Å². The number of nitrogens with zero attached hydrogens (tertiary/aromatic N) is 3. The number of halogens is 1. The van der Waals surface area contributed by atoms with Gasteiger partial charge in [-0.05, 0) is 18.2 Å². The predicted molar refractivity (Wildman–Crippen MR) is 70.0 cm³/mol. The normalized spacial score (nSPS) is 29.1. The van der Waals surface area contributed by atoms with E-state index in [0.29, 0.717) is 30.7 Å². The molecule has 1 aromatic carbocycles. The van der Waals surface area contributed by atoms with Gasteiger partial charge in [0.25, 0.3) is 5.91 Å². The molecule has 104 valence electrons. The van der Waals surface area contributed by atoms with Gasteiger partial charge in [-0.25, -0.2) is 4.39 Å². The number of nitrogens with one attached hydrogen (secondary N) is 2. The third-order valence-corrected chi connectivity index (χ3v) is 4.30. The van der Waals surface area contributed by atoms with Crippen molar-refractivity contribution < 1.29 is 9.18 Å². The number of benzene rings is 1. The number of carbonyl (C=O) groups excluding carboxylic acids is 1. The Kier molecular flexibility index (Phi) is 2.35. The van der Waals surface area contributed by atoms with Crippen molar-refractivity contribution in [3.8, 4) is 0 Å². The molecule has 2 atom stereocenters. The standard InChI is InChI=1S/C13H14FN5O/c14-13-6-15-4-9(13)5-19(7-13)12(20)8-1-2-10-11(3-8)17-18-16-10/h1-3,9,15H,4-7H2,(H,16,17,18)/t9-,13+/m0/s1. The lowest BCUT2D eigenvalue weighted by Gasteiger charge is -2.19. The molecule has 2 aliphatic rings. The summed E-state index contributed by atoms with van der Waals surface area (Å²) in [6.45, 7) is 1.62. The number of carbonyl (C=O) groups is 1. The van der Waals surface area contributed by atoms with Crippen LogP contribution in [0.25, 0.3) is 11.0 Å². The molecule has 0 spiro atoms. The topological polar surface area (TPSA) is 73.9 Å². The van der Waals surface area contributed by atoms with Gasteiger partial charge in [0.05, 0.1) is 12.1 Å². The number of hydrogen-bond donors (Lipinski definition) is 2. The van der Waals surface area contributed by atoms with Gasteiger partial charge in [-0.15, -0.1) is 5.10 Å². The highest BCUT2D eigenvalue weighted by atomic mass is 19.1. The molecule has 2 fully saturated rings. The first-order chi connectivity index (χ1) is 9.66. The fourth-order valence-corrected chi connectivity index (χ4v) is 3.15. The van der Waals surface area contributed by atoms with Crippen molar-refractivity contribution in [2.24, 2.45) is 5.92 Å². The number of likely N-dealkylation sites (tertiary alicyclic amines) is 1. The summed E-state index contributed by atoms with van der Waals surface area (Å²) in [5.74, 6) is -0.233. The number of rotatable bonds is 1. The Morgan fingerprint density at radius 1 is 1.50 bits per heavy atom. The minimum Gasteiger partial charge on any atom is -0.335 e. The van der Waals surface area contributed by atoms with Crippen molar-refractivity contribution in [1.82, 2.24) is 25.6 Å². The molecule has 1 aromatic heterocycles. The molecule has 2 aliphatic heterocycles. The van der Waals surface area contributed by atoms with Crippen LogP contribution in [-0.2, 0) is 0 Å². The van der Waals surface area contributed by atoms with Crippen LogP contribution in [-0.4, -0.2) is 58.1 Å². The largest absolute Gasteiger partial charge is 0.335 e. The van der Waals surface area contributed by atoms with Gasteiger partial charge in [0.1, 0.15) is 11.2 Å². The fourth-order valence-electron chi connectivity index (χ4n) is 3.15. The van der Waals surface area contributed by atoms with E-state index in [1.54, 1.807) is 23.1 Å². The molecule has 0 saturated carbocycles. The van der Waals surface area contributed by atoms with E-state index in [1.165, 1.54) is 0 Å². The van der Waals surface area contributed by atoms with Gasteiger partial charge >= 0.3 is 0 Å². The summed E-state index contributed by atoms with van der Waals surface area (Å²) >= 11 is 0. The number of amides is 1. The number of H-pyrrole nitrogens is 1. The second kappa shape index (κ2) is 3.99. The number of hydrogen-bond acceptors (Lipinski definition) is 4. The molecule has 0 unspecified atom stereocenters. The summed E-state index contributed by atoms with van der Waals surface area (Å²) in [6.07, 6.45) is 0.